The van der Waals surface area contributed by atoms with Crippen molar-refractivity contribution in [2.75, 3.05) is 6.54 Å². The smallest absolute Gasteiger partial charge is 0.407 e. The molecule has 2 rings (SSSR count). The van der Waals surface area contributed by atoms with Gasteiger partial charge in [-0.25, -0.2) is 4.79 Å². The first-order valence-corrected chi connectivity index (χ1v) is 8.38. The van der Waals surface area contributed by atoms with E-state index in [-0.39, 0.29) is 19.6 Å². The van der Waals surface area contributed by atoms with Gasteiger partial charge in [0.1, 0.15) is 12.7 Å². The quantitative estimate of drug-likeness (QED) is 0.636. The van der Waals surface area contributed by atoms with Gasteiger partial charge in [-0.3, -0.25) is 4.79 Å². The summed E-state index contributed by atoms with van der Waals surface area (Å²) in [7, 11) is 0. The summed E-state index contributed by atoms with van der Waals surface area (Å²) in [5.74, 6) is 0. The fourth-order valence-electron chi connectivity index (χ4n) is 2.11. The first-order valence-electron chi connectivity index (χ1n) is 7.43. The molecule has 0 radical (unpaired) electrons. The van der Waals surface area contributed by atoms with Crippen LogP contribution in [-0.2, 0) is 11.3 Å². The fraction of sp³-hybridized carbons (Fsp3) is 0.294. The number of nitrogens with one attached hydrogen (secondary N) is 1. The normalized spacial score (nSPS) is 13.1. The number of rotatable bonds is 8. The van der Waals surface area contributed by atoms with Gasteiger partial charge in [-0.05, 0) is 17.4 Å². The molecule has 0 aliphatic heterocycles. The molecule has 2 unspecified atom stereocenters. The van der Waals surface area contributed by atoms with Crippen LogP contribution in [0.5, 0.6) is 0 Å². The van der Waals surface area contributed by atoms with E-state index < -0.39 is 18.3 Å². The van der Waals surface area contributed by atoms with Gasteiger partial charge in [0.2, 0.25) is 0 Å². The minimum atomic E-state index is -1.17. The zero-order valence-electron chi connectivity index (χ0n) is 12.9. The molecule has 0 saturated heterocycles. The minimum Gasteiger partial charge on any atom is -0.445 e. The molecule has 2 aromatic rings. The predicted octanol–water partition coefficient (Wildman–Crippen LogP) is 2.27. The van der Waals surface area contributed by atoms with Crippen molar-refractivity contribution in [2.24, 2.45) is 0 Å². The summed E-state index contributed by atoms with van der Waals surface area (Å²) >= 11 is 1.28. The number of ether oxygens (including phenoxy) is 1. The number of aldehydes is 1. The number of thiophene rings is 1. The topological polar surface area (TPSA) is 95.9 Å². The van der Waals surface area contributed by atoms with E-state index >= 15 is 0 Å². The highest BCUT2D eigenvalue weighted by atomic mass is 32.1. The molecule has 0 saturated carbocycles. The number of carbonyl (C=O) groups excluding carboxylic acids is 2. The molecular weight excluding hydrogens is 330 g/mol. The zero-order chi connectivity index (χ0) is 17.4. The van der Waals surface area contributed by atoms with E-state index in [4.69, 9.17) is 4.74 Å². The highest BCUT2D eigenvalue weighted by Gasteiger charge is 2.21. The van der Waals surface area contributed by atoms with Gasteiger partial charge in [0.15, 0.2) is 6.29 Å². The Morgan fingerprint density at radius 2 is 2.00 bits per heavy atom. The van der Waals surface area contributed by atoms with Gasteiger partial charge in [0.05, 0.1) is 6.10 Å². The molecule has 0 bridgehead atoms. The monoisotopic (exact) mass is 349 g/mol. The molecule has 7 heteroatoms. The first-order chi connectivity index (χ1) is 11.6. The third kappa shape index (κ3) is 5.16. The van der Waals surface area contributed by atoms with Crippen molar-refractivity contribution in [1.29, 1.82) is 0 Å². The maximum Gasteiger partial charge on any atom is 0.407 e. The van der Waals surface area contributed by atoms with Crippen LogP contribution in [0.3, 0.4) is 0 Å². The second-order valence-electron chi connectivity index (χ2n) is 5.19. The molecule has 1 heterocycles. The van der Waals surface area contributed by atoms with Gasteiger partial charge in [-0.2, -0.15) is 11.3 Å². The Hall–Kier alpha value is -2.22. The lowest BCUT2D eigenvalue weighted by Gasteiger charge is -2.17. The summed E-state index contributed by atoms with van der Waals surface area (Å²) in [6.45, 7) is 0.307. The van der Waals surface area contributed by atoms with Crippen LogP contribution in [0.2, 0.25) is 0 Å². The Kier molecular flexibility index (Phi) is 6.92. The minimum absolute atomic E-state index is 0.135. The molecule has 3 N–H and O–H groups in total. The number of carbonyl (C=O) groups is 2. The largest absolute Gasteiger partial charge is 0.445 e. The lowest BCUT2D eigenvalue weighted by atomic mass is 10.0. The third-order valence-electron chi connectivity index (χ3n) is 3.46. The number of benzene rings is 1. The summed E-state index contributed by atoms with van der Waals surface area (Å²) < 4.78 is 5.04. The molecule has 128 valence electrons. The van der Waals surface area contributed by atoms with Crippen molar-refractivity contribution in [1.82, 2.24) is 5.32 Å². The Morgan fingerprint density at radius 3 is 2.71 bits per heavy atom. The molecule has 1 aromatic carbocycles. The molecule has 6 nitrogen and oxygen atoms in total. The molecule has 0 spiro atoms. The first kappa shape index (κ1) is 18.1. The number of hydrogen-bond donors (Lipinski definition) is 3. The average molecular weight is 349 g/mol. The lowest BCUT2D eigenvalue weighted by molar-refractivity contribution is 0.0136. The van der Waals surface area contributed by atoms with Crippen molar-refractivity contribution < 1.29 is 24.5 Å². The molecule has 0 aliphatic rings. The third-order valence-corrected chi connectivity index (χ3v) is 4.24. The molecule has 1 amide bonds. The van der Waals surface area contributed by atoms with Gasteiger partial charge < -0.3 is 20.3 Å². The van der Waals surface area contributed by atoms with Gasteiger partial charge in [-0.15, -0.1) is 0 Å². The van der Waals surface area contributed by atoms with Crippen LogP contribution < -0.4 is 5.32 Å². The Morgan fingerprint density at radius 1 is 1.25 bits per heavy atom. The lowest BCUT2D eigenvalue weighted by Crippen LogP contribution is -2.29. The molecule has 1 aromatic heterocycles. The molecule has 24 heavy (non-hydrogen) atoms. The number of alkyl carbamates (subject to hydrolysis) is 1. The molecule has 2 atom stereocenters. The van der Waals surface area contributed by atoms with Crippen LogP contribution in [0.25, 0.3) is 0 Å². The maximum absolute atomic E-state index is 11.6. The van der Waals surface area contributed by atoms with Crippen molar-refractivity contribution in [2.45, 2.75) is 25.2 Å². The number of hydrogen-bond acceptors (Lipinski definition) is 6. The second kappa shape index (κ2) is 9.17. The highest BCUT2D eigenvalue weighted by molar-refractivity contribution is 7.08. The summed E-state index contributed by atoms with van der Waals surface area (Å²) in [5, 5.41) is 25.8. The molecular formula is C17H19NO5S. The molecule has 0 aliphatic carbocycles. The number of aliphatic hydroxyl groups is 2. The van der Waals surface area contributed by atoms with Crippen LogP contribution in [0.4, 0.5) is 4.79 Å². The summed E-state index contributed by atoms with van der Waals surface area (Å²) in [6.07, 6.45) is -2.08. The van der Waals surface area contributed by atoms with Crippen LogP contribution in [0, 0.1) is 0 Å². The van der Waals surface area contributed by atoms with Gasteiger partial charge >= 0.3 is 6.09 Å². The maximum atomic E-state index is 11.6. The van der Waals surface area contributed by atoms with E-state index in [1.165, 1.54) is 11.3 Å². The van der Waals surface area contributed by atoms with Gasteiger partial charge in [0.25, 0.3) is 0 Å². The van der Waals surface area contributed by atoms with Crippen LogP contribution in [-0.4, -0.2) is 35.2 Å². The summed E-state index contributed by atoms with van der Waals surface area (Å²) in [5.41, 5.74) is 1.64. The average Bonchev–Trinajstić information content (AvgIpc) is 3.08. The fourth-order valence-corrected chi connectivity index (χ4v) is 2.94. The summed E-state index contributed by atoms with van der Waals surface area (Å²) in [4.78, 5) is 22.4. The van der Waals surface area contributed by atoms with E-state index in [0.717, 1.165) is 5.56 Å². The van der Waals surface area contributed by atoms with E-state index in [1.54, 1.807) is 10.8 Å². The standard InChI is InChI=1S/C17H19NO5S/c19-8-13-10-24-11-14(13)16(21)15(20)6-7-18-17(22)23-9-12-4-2-1-3-5-12/h1-5,8,10-11,15-16,20-21H,6-7,9H2,(H,18,22). The summed E-state index contributed by atoms with van der Waals surface area (Å²) in [6, 6.07) is 9.27. The van der Waals surface area contributed by atoms with Crippen molar-refractivity contribution in [3.05, 3.63) is 57.8 Å². The van der Waals surface area contributed by atoms with Crippen molar-refractivity contribution >= 4 is 23.7 Å². The number of aliphatic hydroxyl groups excluding tert-OH is 2. The van der Waals surface area contributed by atoms with E-state index in [2.05, 4.69) is 5.32 Å². The van der Waals surface area contributed by atoms with E-state index in [1.807, 2.05) is 30.3 Å². The van der Waals surface area contributed by atoms with Crippen molar-refractivity contribution in [3.8, 4) is 0 Å². The van der Waals surface area contributed by atoms with Crippen LogP contribution >= 0.6 is 11.3 Å². The van der Waals surface area contributed by atoms with Crippen molar-refractivity contribution in [3.63, 3.8) is 0 Å². The Balaban J connectivity index is 1.71. The van der Waals surface area contributed by atoms with Gasteiger partial charge in [-0.1, -0.05) is 30.3 Å². The van der Waals surface area contributed by atoms with Gasteiger partial charge in [0, 0.05) is 23.1 Å². The van der Waals surface area contributed by atoms with E-state index in [9.17, 15) is 19.8 Å². The Labute approximate surface area is 143 Å². The Bertz CT molecular complexity index is 658. The SMILES string of the molecule is O=Cc1cscc1C(O)C(O)CCNC(=O)OCc1ccccc1. The van der Waals surface area contributed by atoms with E-state index in [0.29, 0.717) is 17.4 Å². The van der Waals surface area contributed by atoms with Crippen LogP contribution in [0.15, 0.2) is 41.1 Å². The predicted molar refractivity (Wildman–Crippen MR) is 89.9 cm³/mol. The van der Waals surface area contributed by atoms with Crippen LogP contribution in [0.1, 0.15) is 34.0 Å². The highest BCUT2D eigenvalue weighted by Crippen LogP contribution is 2.24. The second-order valence-corrected chi connectivity index (χ2v) is 5.93. The zero-order valence-corrected chi connectivity index (χ0v) is 13.7. The molecule has 0 fully saturated rings. The number of amides is 1.